The smallest absolute Gasteiger partial charge is 0.194 e. The second-order valence-electron chi connectivity index (χ2n) is 6.44. The molecule has 0 bridgehead atoms. The number of para-hydroxylation sites is 1. The fourth-order valence-corrected chi connectivity index (χ4v) is 3.42. The van der Waals surface area contributed by atoms with Crippen LogP contribution in [0, 0.1) is 6.57 Å². The first-order valence-electron chi connectivity index (χ1n) is 9.08. The number of nitrogens with zero attached hydrogens (tertiary/aromatic N) is 3. The van der Waals surface area contributed by atoms with Gasteiger partial charge in [0.25, 0.3) is 0 Å². The lowest BCUT2D eigenvalue weighted by molar-refractivity contribution is 0.271. The van der Waals surface area contributed by atoms with Crippen LogP contribution in [0.1, 0.15) is 36.8 Å². The summed E-state index contributed by atoms with van der Waals surface area (Å²) in [6, 6.07) is 15.8. The fraction of sp³-hybridized carbons (Fsp3) is 0.273. The summed E-state index contributed by atoms with van der Waals surface area (Å²) in [6.07, 6.45) is 2.95. The van der Waals surface area contributed by atoms with E-state index in [0.717, 1.165) is 41.8 Å². The average molecular weight is 380 g/mol. The largest absolute Gasteiger partial charge is 0.390 e. The van der Waals surface area contributed by atoms with E-state index in [1.54, 1.807) is 0 Å². The highest BCUT2D eigenvalue weighted by molar-refractivity contribution is 6.30. The average Bonchev–Trinajstić information content (AvgIpc) is 3.01. The first-order chi connectivity index (χ1) is 13.2. The number of benzene rings is 2. The van der Waals surface area contributed by atoms with Crippen LogP contribution in [0.2, 0.25) is 5.15 Å². The number of aromatic nitrogens is 2. The molecule has 1 aromatic heterocycles. The van der Waals surface area contributed by atoms with Crippen molar-refractivity contribution in [1.29, 1.82) is 0 Å². The number of aliphatic hydroxyl groups is 1. The molecule has 0 fully saturated rings. The number of aryl methyl sites for hydroxylation is 1. The molecular weight excluding hydrogens is 358 g/mol. The molecule has 1 N–H and O–H groups in total. The molecule has 0 radical (unpaired) electrons. The molecule has 0 amide bonds. The Kier molecular flexibility index (Phi) is 6.28. The van der Waals surface area contributed by atoms with Crippen LogP contribution in [0.4, 0.5) is 5.69 Å². The van der Waals surface area contributed by atoms with E-state index in [1.807, 2.05) is 41.0 Å². The van der Waals surface area contributed by atoms with Gasteiger partial charge in [-0.15, -0.1) is 0 Å². The summed E-state index contributed by atoms with van der Waals surface area (Å²) in [5, 5.41) is 10.1. The van der Waals surface area contributed by atoms with E-state index in [-0.39, 0.29) is 6.61 Å². The molecule has 5 heteroatoms. The first kappa shape index (κ1) is 19.2. The zero-order valence-corrected chi connectivity index (χ0v) is 16.1. The molecule has 0 saturated carbocycles. The molecule has 2 aromatic carbocycles. The predicted octanol–water partition coefficient (Wildman–Crippen LogP) is 5.64. The van der Waals surface area contributed by atoms with E-state index < -0.39 is 0 Å². The molecule has 1 heterocycles. The van der Waals surface area contributed by atoms with Gasteiger partial charge in [0.2, 0.25) is 0 Å². The second-order valence-corrected chi connectivity index (χ2v) is 6.80. The Morgan fingerprint density at radius 1 is 1.15 bits per heavy atom. The van der Waals surface area contributed by atoms with Gasteiger partial charge in [-0.1, -0.05) is 73.5 Å². The monoisotopic (exact) mass is 379 g/mol. The van der Waals surface area contributed by atoms with Gasteiger partial charge in [-0.2, -0.15) is 0 Å². The summed E-state index contributed by atoms with van der Waals surface area (Å²) in [5.74, 6) is 0.910. The van der Waals surface area contributed by atoms with Crippen molar-refractivity contribution in [2.24, 2.45) is 0 Å². The summed E-state index contributed by atoms with van der Waals surface area (Å²) in [4.78, 5) is 8.04. The van der Waals surface area contributed by atoms with Crippen molar-refractivity contribution >= 4 is 17.3 Å². The van der Waals surface area contributed by atoms with E-state index >= 15 is 0 Å². The van der Waals surface area contributed by atoms with E-state index in [2.05, 4.69) is 28.9 Å². The highest BCUT2D eigenvalue weighted by Crippen LogP contribution is 2.30. The Balaban J connectivity index is 1.88. The Hall–Kier alpha value is -2.61. The van der Waals surface area contributed by atoms with E-state index in [0.29, 0.717) is 23.1 Å². The fourth-order valence-electron chi connectivity index (χ4n) is 3.16. The van der Waals surface area contributed by atoms with Crippen LogP contribution in [-0.4, -0.2) is 14.7 Å². The molecule has 27 heavy (non-hydrogen) atoms. The number of aliphatic hydroxyl groups excluding tert-OH is 1. The van der Waals surface area contributed by atoms with Gasteiger partial charge in [0.05, 0.1) is 18.9 Å². The van der Waals surface area contributed by atoms with Crippen molar-refractivity contribution in [3.05, 3.63) is 82.2 Å². The normalized spacial score (nSPS) is 10.7. The summed E-state index contributed by atoms with van der Waals surface area (Å²) >= 11 is 6.21. The number of halogens is 1. The van der Waals surface area contributed by atoms with Gasteiger partial charge < -0.3 is 9.67 Å². The molecule has 0 unspecified atom stereocenters. The topological polar surface area (TPSA) is 42.4 Å². The molecular formula is C22H22ClN3O. The van der Waals surface area contributed by atoms with Crippen molar-refractivity contribution in [3.63, 3.8) is 0 Å². The molecule has 3 rings (SSSR count). The molecule has 0 atom stereocenters. The SMILES string of the molecule is [C-]#[N+]c1ccccc1-c1ccc(Cn2c(CCCC)nc(Cl)c2CO)cc1. The van der Waals surface area contributed by atoms with Crippen molar-refractivity contribution in [2.45, 2.75) is 39.3 Å². The van der Waals surface area contributed by atoms with Crippen molar-refractivity contribution in [3.8, 4) is 11.1 Å². The van der Waals surface area contributed by atoms with Crippen molar-refractivity contribution in [1.82, 2.24) is 9.55 Å². The number of rotatable bonds is 7. The molecule has 0 saturated heterocycles. The third-order valence-corrected chi connectivity index (χ3v) is 4.94. The lowest BCUT2D eigenvalue weighted by Crippen LogP contribution is -2.09. The molecule has 0 spiro atoms. The molecule has 3 aromatic rings. The second kappa shape index (κ2) is 8.85. The minimum Gasteiger partial charge on any atom is -0.390 e. The van der Waals surface area contributed by atoms with Crippen LogP contribution in [0.15, 0.2) is 48.5 Å². The van der Waals surface area contributed by atoms with Gasteiger partial charge in [0.15, 0.2) is 10.8 Å². The zero-order chi connectivity index (χ0) is 19.2. The zero-order valence-electron chi connectivity index (χ0n) is 15.3. The highest BCUT2D eigenvalue weighted by atomic mass is 35.5. The van der Waals surface area contributed by atoms with E-state index in [1.165, 1.54) is 0 Å². The molecule has 0 aliphatic rings. The van der Waals surface area contributed by atoms with Crippen molar-refractivity contribution < 1.29 is 5.11 Å². The maximum absolute atomic E-state index is 9.69. The van der Waals surface area contributed by atoms with Crippen LogP contribution in [0.5, 0.6) is 0 Å². The van der Waals surface area contributed by atoms with E-state index in [4.69, 9.17) is 18.2 Å². The van der Waals surface area contributed by atoms with Gasteiger partial charge in [-0.3, -0.25) is 0 Å². The summed E-state index contributed by atoms with van der Waals surface area (Å²) in [7, 11) is 0. The number of unbranched alkanes of at least 4 members (excludes halogenated alkanes) is 1. The maximum atomic E-state index is 9.69. The van der Waals surface area contributed by atoms with Gasteiger partial charge >= 0.3 is 0 Å². The number of hydrogen-bond donors (Lipinski definition) is 1. The van der Waals surface area contributed by atoms with E-state index in [9.17, 15) is 5.11 Å². The predicted molar refractivity (Wildman–Crippen MR) is 109 cm³/mol. The maximum Gasteiger partial charge on any atom is 0.194 e. The number of hydrogen-bond acceptors (Lipinski definition) is 2. The summed E-state index contributed by atoms with van der Waals surface area (Å²) < 4.78 is 2.01. The number of imidazole rings is 1. The molecule has 4 nitrogen and oxygen atoms in total. The van der Waals surface area contributed by atoms with Gasteiger partial charge in [-0.05, 0) is 23.1 Å². The highest BCUT2D eigenvalue weighted by Gasteiger charge is 2.15. The first-order valence-corrected chi connectivity index (χ1v) is 9.46. The van der Waals surface area contributed by atoms with Crippen LogP contribution in [0.25, 0.3) is 16.0 Å². The lowest BCUT2D eigenvalue weighted by atomic mass is 10.0. The third kappa shape index (κ3) is 4.21. The quantitative estimate of drug-likeness (QED) is 0.540. The minimum absolute atomic E-state index is 0.131. The van der Waals surface area contributed by atoms with Crippen LogP contribution >= 0.6 is 11.6 Å². The van der Waals surface area contributed by atoms with Crippen LogP contribution in [-0.2, 0) is 19.6 Å². The molecule has 138 valence electrons. The van der Waals surface area contributed by atoms with Gasteiger partial charge in [-0.25, -0.2) is 9.83 Å². The molecule has 0 aliphatic carbocycles. The van der Waals surface area contributed by atoms with Crippen LogP contribution < -0.4 is 0 Å². The lowest BCUT2D eigenvalue weighted by Gasteiger charge is -2.12. The third-order valence-electron chi connectivity index (χ3n) is 4.64. The summed E-state index contributed by atoms with van der Waals surface area (Å²) in [5.41, 5.74) is 4.36. The Morgan fingerprint density at radius 3 is 2.56 bits per heavy atom. The Labute approximate surface area is 164 Å². The van der Waals surface area contributed by atoms with Crippen molar-refractivity contribution in [2.75, 3.05) is 0 Å². The summed E-state index contributed by atoms with van der Waals surface area (Å²) in [6.45, 7) is 9.95. The van der Waals surface area contributed by atoms with Gasteiger partial charge in [0, 0.05) is 13.0 Å². The standard InChI is InChI=1S/C22H22ClN3O/c1-3-4-9-21-25-22(23)20(15-27)26(21)14-16-10-12-17(13-11-16)18-7-5-6-8-19(18)24-2/h5-8,10-13,27H,3-4,9,14-15H2,1H3. The Bertz CT molecular complexity index is 955. The van der Waals surface area contributed by atoms with Gasteiger partial charge in [0.1, 0.15) is 5.82 Å². The van der Waals surface area contributed by atoms with Crippen LogP contribution in [0.3, 0.4) is 0 Å². The minimum atomic E-state index is -0.131. The Morgan fingerprint density at radius 2 is 1.89 bits per heavy atom. The molecule has 0 aliphatic heterocycles.